The molecular weight excluding hydrogens is 250 g/mol. The van der Waals surface area contributed by atoms with Gasteiger partial charge in [-0.1, -0.05) is 0 Å². The van der Waals surface area contributed by atoms with E-state index < -0.39 is 0 Å². The van der Waals surface area contributed by atoms with Crippen LogP contribution < -0.4 is 0 Å². The van der Waals surface area contributed by atoms with Crippen LogP contribution in [-0.4, -0.2) is 16.2 Å². The molecule has 0 aromatic heterocycles. The summed E-state index contributed by atoms with van der Waals surface area (Å²) in [6.07, 6.45) is 0. The minimum Gasteiger partial charge on any atom is 0 e. The minimum absolute atomic E-state index is 0. The van der Waals surface area contributed by atoms with Crippen molar-refractivity contribution in [2.24, 2.45) is 0 Å². The van der Waals surface area contributed by atoms with Gasteiger partial charge in [-0.2, -0.15) is 0 Å². The van der Waals surface area contributed by atoms with E-state index in [9.17, 15) is 0 Å². The third kappa shape index (κ3) is 22.2. The van der Waals surface area contributed by atoms with Gasteiger partial charge in [-0.3, -0.25) is 0 Å². The molecule has 0 aromatic carbocycles. The molecule has 0 heterocycles. The van der Waals surface area contributed by atoms with Crippen molar-refractivity contribution in [3.8, 4) is 0 Å². The first-order valence-electron chi connectivity index (χ1n) is 0.289. The molecule has 0 rings (SSSR count). The van der Waals surface area contributed by atoms with Gasteiger partial charge < -0.3 is 0 Å². The van der Waals surface area contributed by atoms with Gasteiger partial charge in [0.1, 0.15) is 0 Å². The van der Waals surface area contributed by atoms with E-state index in [1.807, 2.05) is 0 Å². The molecule has 0 aliphatic rings. The quantitative estimate of drug-likeness (QED) is 0.516. The average Bonchev–Trinajstić information content (AvgIpc) is 1.00. The van der Waals surface area contributed by atoms with E-state index in [4.69, 9.17) is 3.80 Å². The fraction of sp³-hybridized carbons (Fsp3) is 0. The Morgan fingerprint density at radius 3 is 1.20 bits per heavy atom. The largest absolute Gasteiger partial charge is 0 e. The predicted octanol–water partition coefficient (Wildman–Crippen LogP) is -0.775. The molecule has 5 heavy (non-hydrogen) atoms. The summed E-state index contributed by atoms with van der Waals surface area (Å²) in [5.41, 5.74) is 0. The molecule has 0 aliphatic carbocycles. The van der Waals surface area contributed by atoms with Gasteiger partial charge in [0.25, 0.3) is 0 Å². The molecule has 1 radical (unpaired) electrons. The van der Waals surface area contributed by atoms with Crippen molar-refractivity contribution < 1.29 is 64.4 Å². The van der Waals surface area contributed by atoms with Crippen molar-refractivity contribution >= 4 is 16.2 Å². The van der Waals surface area contributed by atoms with Crippen molar-refractivity contribution in [2.45, 2.75) is 0 Å². The molecule has 0 saturated heterocycles. The zero-order valence-corrected chi connectivity index (χ0v) is 8.41. The van der Waals surface area contributed by atoms with Gasteiger partial charge in [0.05, 0.1) is 0 Å². The second-order valence-corrected chi connectivity index (χ2v) is 0. The van der Waals surface area contributed by atoms with Crippen LogP contribution in [0.3, 0.4) is 0 Å². The molecule has 0 N–H and O–H groups in total. The second kappa shape index (κ2) is 33.8. The van der Waals surface area contributed by atoms with Crippen LogP contribution in [-0.2, 0) is 64.4 Å². The van der Waals surface area contributed by atoms with Gasteiger partial charge in [0, 0.05) is 60.6 Å². The summed E-state index contributed by atoms with van der Waals surface area (Å²) in [7, 11) is 0. The van der Waals surface area contributed by atoms with E-state index in [2.05, 4.69) is 0 Å². The fourth-order valence-corrected chi connectivity index (χ4v) is 0. The molecule has 0 amide bonds. The van der Waals surface area contributed by atoms with E-state index >= 15 is 0 Å². The van der Waals surface area contributed by atoms with E-state index in [1.54, 1.807) is 0 Å². The van der Waals surface area contributed by atoms with Gasteiger partial charge in [0.15, 0.2) is 0 Å². The molecule has 0 spiro atoms. The molecular formula is HAlCrCuOZr. The van der Waals surface area contributed by atoms with Gasteiger partial charge in [-0.05, 0) is 0 Å². The fourth-order valence-electron chi connectivity index (χ4n) is 0. The standard InChI is InChI=1S/Al.Cr.Cu.O.Zr.H. The zero-order valence-electron chi connectivity index (χ0n) is 2.33. The Labute approximate surface area is 79.6 Å². The molecule has 31 valence electrons. The van der Waals surface area contributed by atoms with Crippen molar-refractivity contribution in [3.05, 3.63) is 0 Å². The van der Waals surface area contributed by atoms with Gasteiger partial charge in [-0.15, -0.1) is 0 Å². The Bertz CT molecular complexity index is 11.6. The summed E-state index contributed by atoms with van der Waals surface area (Å²) >= 11 is 0.611. The van der Waals surface area contributed by atoms with E-state index in [0.29, 0.717) is 16.2 Å². The topological polar surface area (TPSA) is 17.1 Å². The Hall–Kier alpha value is 2.27. The molecule has 0 aliphatic heterocycles. The van der Waals surface area contributed by atoms with Crippen LogP contribution in [0.2, 0.25) is 0 Å². The summed E-state index contributed by atoms with van der Waals surface area (Å²) in [6, 6.07) is 0. The Morgan fingerprint density at radius 1 is 1.20 bits per heavy atom. The van der Waals surface area contributed by atoms with Crippen LogP contribution in [0.4, 0.5) is 0 Å². The monoisotopic (exact) mass is 249 g/mol. The number of hydrogen-bond acceptors (Lipinski definition) is 1. The van der Waals surface area contributed by atoms with Crippen molar-refractivity contribution in [2.75, 3.05) is 0 Å². The number of rotatable bonds is 0. The second-order valence-electron chi connectivity index (χ2n) is 0. The van der Waals surface area contributed by atoms with E-state index in [-0.39, 0.29) is 60.6 Å². The van der Waals surface area contributed by atoms with Crippen LogP contribution in [0.1, 0.15) is 0 Å². The molecule has 0 fully saturated rings. The smallest absolute Gasteiger partial charge is 0 e. The number of hydrogen-bond donors (Lipinski definition) is 0. The van der Waals surface area contributed by atoms with E-state index in [1.165, 1.54) is 0 Å². The summed E-state index contributed by atoms with van der Waals surface area (Å²) in [5.74, 6) is 0. The van der Waals surface area contributed by atoms with Crippen LogP contribution >= 0.6 is 0 Å². The predicted molar refractivity (Wildman–Crippen MR) is 7.84 cm³/mol. The normalized spacial score (nSPS) is 0.600. The Kier molecular flexibility index (Phi) is 181. The van der Waals surface area contributed by atoms with Crippen LogP contribution in [0.25, 0.3) is 0 Å². The first-order valence-corrected chi connectivity index (χ1v) is 0.866. The summed E-state index contributed by atoms with van der Waals surface area (Å²) in [4.78, 5) is 0. The van der Waals surface area contributed by atoms with Gasteiger partial charge in [-0.25, -0.2) is 0 Å². The zero-order chi connectivity index (χ0) is 2.00. The molecule has 5 heteroatoms. The first kappa shape index (κ1) is 26.7. The third-order valence-corrected chi connectivity index (χ3v) is 0. The minimum atomic E-state index is 0. The molecule has 0 unspecified atom stereocenters. The average molecular weight is 251 g/mol. The molecule has 0 atom stereocenters. The Balaban J connectivity index is -0.00000000167. The summed E-state index contributed by atoms with van der Waals surface area (Å²) < 4.78 is 8.28. The van der Waals surface area contributed by atoms with Crippen molar-refractivity contribution in [3.63, 3.8) is 0 Å². The Morgan fingerprint density at radius 2 is 1.20 bits per heavy atom. The third-order valence-electron chi connectivity index (χ3n) is 0. The molecule has 0 bridgehead atoms. The van der Waals surface area contributed by atoms with Crippen LogP contribution in [0.15, 0.2) is 0 Å². The van der Waals surface area contributed by atoms with Gasteiger partial charge in [0.2, 0.25) is 0 Å². The molecule has 1 nitrogen and oxygen atoms in total. The SMILES string of the molecule is [Cr].[Cu].[O]=[AlH].[Zr]. The summed E-state index contributed by atoms with van der Waals surface area (Å²) in [6.45, 7) is 0. The van der Waals surface area contributed by atoms with Gasteiger partial charge >= 0.3 is 20.0 Å². The molecule has 0 saturated carbocycles. The van der Waals surface area contributed by atoms with Crippen molar-refractivity contribution in [1.82, 2.24) is 0 Å². The van der Waals surface area contributed by atoms with Crippen molar-refractivity contribution in [1.29, 1.82) is 0 Å². The maximum atomic E-state index is 8.28. The van der Waals surface area contributed by atoms with E-state index in [0.717, 1.165) is 0 Å². The maximum Gasteiger partial charge on any atom is 0 e. The molecule has 0 aromatic rings. The summed E-state index contributed by atoms with van der Waals surface area (Å²) in [5, 5.41) is 0. The van der Waals surface area contributed by atoms with Crippen LogP contribution in [0.5, 0.6) is 0 Å². The van der Waals surface area contributed by atoms with Crippen LogP contribution in [0, 0.1) is 0 Å². The first-order chi connectivity index (χ1) is 1.00. The maximum absolute atomic E-state index is 8.28.